The lowest BCUT2D eigenvalue weighted by Gasteiger charge is -2.24. The zero-order valence-corrected chi connectivity index (χ0v) is 14.0. The quantitative estimate of drug-likeness (QED) is 0.893. The number of alkyl halides is 3. The molecule has 3 rings (SSSR count). The molecule has 0 spiro atoms. The summed E-state index contributed by atoms with van der Waals surface area (Å²) in [5, 5.41) is 3.21. The van der Waals surface area contributed by atoms with E-state index < -0.39 is 6.36 Å². The predicted octanol–water partition coefficient (Wildman–Crippen LogP) is 2.93. The highest BCUT2D eigenvalue weighted by atomic mass is 35.5. The van der Waals surface area contributed by atoms with Crippen molar-refractivity contribution in [2.45, 2.75) is 31.2 Å². The molecule has 1 saturated heterocycles. The summed E-state index contributed by atoms with van der Waals surface area (Å²) < 4.78 is 41.6. The number of halogens is 4. The van der Waals surface area contributed by atoms with Crippen molar-refractivity contribution in [1.29, 1.82) is 0 Å². The summed E-state index contributed by atoms with van der Waals surface area (Å²) in [7, 11) is 1.77. The fourth-order valence-electron chi connectivity index (χ4n) is 3.23. The van der Waals surface area contributed by atoms with Gasteiger partial charge in [-0.1, -0.05) is 18.2 Å². The second-order valence-corrected chi connectivity index (χ2v) is 6.13. The summed E-state index contributed by atoms with van der Waals surface area (Å²) in [5.41, 5.74) is 0.459. The van der Waals surface area contributed by atoms with Gasteiger partial charge in [-0.25, -0.2) is 0 Å². The van der Waals surface area contributed by atoms with E-state index in [1.165, 1.54) is 12.1 Å². The topological polar surface area (TPSA) is 41.6 Å². The second kappa shape index (κ2) is 7.19. The number of benzene rings is 1. The van der Waals surface area contributed by atoms with Crippen molar-refractivity contribution < 1.29 is 22.7 Å². The Kier molecular flexibility index (Phi) is 5.65. The molecule has 24 heavy (non-hydrogen) atoms. The molecule has 8 heteroatoms. The zero-order valence-electron chi connectivity index (χ0n) is 13.2. The third kappa shape index (κ3) is 4.13. The summed E-state index contributed by atoms with van der Waals surface area (Å²) in [6.07, 6.45) is -3.24. The minimum Gasteiger partial charge on any atom is -0.405 e. The van der Waals surface area contributed by atoms with E-state index in [0.717, 1.165) is 19.5 Å². The van der Waals surface area contributed by atoms with E-state index in [-0.39, 0.29) is 41.9 Å². The summed E-state index contributed by atoms with van der Waals surface area (Å²) in [6.45, 7) is 1.66. The molecular weight excluding hydrogens is 345 g/mol. The zero-order chi connectivity index (χ0) is 16.6. The number of carbonyl (C=O) groups is 1. The summed E-state index contributed by atoms with van der Waals surface area (Å²) >= 11 is 0. The minimum absolute atomic E-state index is 0. The Morgan fingerprint density at radius 3 is 2.67 bits per heavy atom. The average molecular weight is 365 g/mol. The van der Waals surface area contributed by atoms with E-state index in [1.54, 1.807) is 24.1 Å². The van der Waals surface area contributed by atoms with Gasteiger partial charge in [0.2, 0.25) is 5.91 Å². The largest absolute Gasteiger partial charge is 0.573 e. The van der Waals surface area contributed by atoms with Crippen molar-refractivity contribution in [3.63, 3.8) is 0 Å². The Morgan fingerprint density at radius 1 is 1.33 bits per heavy atom. The number of carbonyl (C=O) groups excluding carboxylic acids is 1. The van der Waals surface area contributed by atoms with Crippen LogP contribution in [-0.4, -0.2) is 43.3 Å². The van der Waals surface area contributed by atoms with E-state index in [4.69, 9.17) is 0 Å². The number of likely N-dealkylation sites (N-methyl/N-ethyl adjacent to an activating group) is 1. The monoisotopic (exact) mass is 364 g/mol. The van der Waals surface area contributed by atoms with Crippen molar-refractivity contribution in [3.8, 4) is 5.75 Å². The fraction of sp³-hybridized carbons (Fsp3) is 0.562. The first-order chi connectivity index (χ1) is 10.9. The molecule has 2 aliphatic rings. The SMILES string of the molecule is CN(C(=O)C1CC1c1ccccc1OC(F)(F)F)C1CCNC1.Cl. The maximum absolute atomic E-state index is 12.5. The van der Waals surface area contributed by atoms with Crippen LogP contribution in [0.25, 0.3) is 0 Å². The third-order valence-electron chi connectivity index (χ3n) is 4.58. The molecule has 3 unspecified atom stereocenters. The van der Waals surface area contributed by atoms with E-state index in [1.807, 2.05) is 0 Å². The molecule has 1 aromatic rings. The fourth-order valence-corrected chi connectivity index (χ4v) is 3.23. The van der Waals surface area contributed by atoms with Gasteiger partial charge >= 0.3 is 6.36 Å². The molecular formula is C16H20ClF3N2O2. The van der Waals surface area contributed by atoms with Gasteiger partial charge in [-0.3, -0.25) is 4.79 Å². The van der Waals surface area contributed by atoms with Crippen LogP contribution in [0.1, 0.15) is 24.3 Å². The number of hydrogen-bond acceptors (Lipinski definition) is 3. The van der Waals surface area contributed by atoms with Crippen molar-refractivity contribution in [1.82, 2.24) is 10.2 Å². The van der Waals surface area contributed by atoms with Gasteiger partial charge in [0, 0.05) is 25.6 Å². The summed E-state index contributed by atoms with van der Waals surface area (Å²) in [5.74, 6) is -0.646. The van der Waals surface area contributed by atoms with Crippen LogP contribution in [-0.2, 0) is 4.79 Å². The average Bonchev–Trinajstić information content (AvgIpc) is 3.08. The molecule has 3 atom stereocenters. The first-order valence-electron chi connectivity index (χ1n) is 7.69. The van der Waals surface area contributed by atoms with Gasteiger partial charge in [0.1, 0.15) is 5.75 Å². The molecule has 1 N–H and O–H groups in total. The standard InChI is InChI=1S/C16H19F3N2O2.ClH/c1-21(10-6-7-20-9-10)15(22)13-8-12(13)11-4-2-3-5-14(11)23-16(17,18)19;/h2-5,10,12-13,20H,6-9H2,1H3;1H. The molecule has 134 valence electrons. The van der Waals surface area contributed by atoms with E-state index in [9.17, 15) is 18.0 Å². The normalized spacial score (nSPS) is 25.8. The molecule has 1 saturated carbocycles. The highest BCUT2D eigenvalue weighted by Gasteiger charge is 2.48. The molecule has 1 amide bonds. The molecule has 1 aliphatic carbocycles. The van der Waals surface area contributed by atoms with Crippen LogP contribution in [0.15, 0.2) is 24.3 Å². The van der Waals surface area contributed by atoms with Crippen LogP contribution in [0.4, 0.5) is 13.2 Å². The minimum atomic E-state index is -4.73. The molecule has 1 heterocycles. The number of ether oxygens (including phenoxy) is 1. The van der Waals surface area contributed by atoms with Crippen LogP contribution in [0.3, 0.4) is 0 Å². The third-order valence-corrected chi connectivity index (χ3v) is 4.58. The lowest BCUT2D eigenvalue weighted by molar-refractivity contribution is -0.274. The van der Waals surface area contributed by atoms with Crippen molar-refractivity contribution in [2.75, 3.05) is 20.1 Å². The lowest BCUT2D eigenvalue weighted by atomic mass is 10.1. The highest BCUT2D eigenvalue weighted by molar-refractivity contribution is 5.85. The molecule has 0 aromatic heterocycles. The van der Waals surface area contributed by atoms with Gasteiger partial charge in [-0.05, 0) is 36.9 Å². The molecule has 1 aromatic carbocycles. The van der Waals surface area contributed by atoms with Crippen LogP contribution in [0.5, 0.6) is 5.75 Å². The molecule has 2 fully saturated rings. The summed E-state index contributed by atoms with van der Waals surface area (Å²) in [6, 6.07) is 6.25. The first kappa shape index (κ1) is 18.9. The van der Waals surface area contributed by atoms with E-state index >= 15 is 0 Å². The molecule has 1 aliphatic heterocycles. The Balaban J connectivity index is 0.00000208. The Labute approximate surface area is 144 Å². The number of rotatable bonds is 4. The molecule has 0 bridgehead atoms. The van der Waals surface area contributed by atoms with Gasteiger partial charge < -0.3 is 15.0 Å². The van der Waals surface area contributed by atoms with Crippen molar-refractivity contribution >= 4 is 18.3 Å². The Hall–Kier alpha value is -1.47. The highest BCUT2D eigenvalue weighted by Crippen LogP contribution is 2.51. The number of amides is 1. The Morgan fingerprint density at radius 2 is 2.04 bits per heavy atom. The van der Waals surface area contributed by atoms with Gasteiger partial charge in [-0.15, -0.1) is 25.6 Å². The maximum atomic E-state index is 12.5. The van der Waals surface area contributed by atoms with Gasteiger partial charge in [0.25, 0.3) is 0 Å². The molecule has 0 radical (unpaired) electrons. The van der Waals surface area contributed by atoms with E-state index in [2.05, 4.69) is 10.1 Å². The molecule has 4 nitrogen and oxygen atoms in total. The van der Waals surface area contributed by atoms with Gasteiger partial charge in [-0.2, -0.15) is 0 Å². The number of para-hydroxylation sites is 1. The van der Waals surface area contributed by atoms with Crippen molar-refractivity contribution in [2.24, 2.45) is 5.92 Å². The van der Waals surface area contributed by atoms with Crippen LogP contribution < -0.4 is 10.1 Å². The summed E-state index contributed by atoms with van der Waals surface area (Å²) in [4.78, 5) is 14.2. The maximum Gasteiger partial charge on any atom is 0.573 e. The van der Waals surface area contributed by atoms with Crippen molar-refractivity contribution in [3.05, 3.63) is 29.8 Å². The van der Waals surface area contributed by atoms with Gasteiger partial charge in [0.15, 0.2) is 0 Å². The predicted molar refractivity (Wildman–Crippen MR) is 85.3 cm³/mol. The second-order valence-electron chi connectivity index (χ2n) is 6.13. The first-order valence-corrected chi connectivity index (χ1v) is 7.69. The number of hydrogen-bond donors (Lipinski definition) is 1. The van der Waals surface area contributed by atoms with Crippen LogP contribution in [0, 0.1) is 5.92 Å². The lowest BCUT2D eigenvalue weighted by Crippen LogP contribution is -2.39. The Bertz CT molecular complexity index is 591. The van der Waals surface area contributed by atoms with Gasteiger partial charge in [0.05, 0.1) is 0 Å². The van der Waals surface area contributed by atoms with E-state index in [0.29, 0.717) is 12.0 Å². The number of nitrogens with zero attached hydrogens (tertiary/aromatic N) is 1. The van der Waals surface area contributed by atoms with Crippen LogP contribution in [0.2, 0.25) is 0 Å². The van der Waals surface area contributed by atoms with Crippen LogP contribution >= 0.6 is 12.4 Å². The smallest absolute Gasteiger partial charge is 0.405 e. The number of nitrogens with one attached hydrogen (secondary N) is 1.